The molecular weight excluding hydrogens is 210 g/mol. The Bertz CT molecular complexity index is 331. The lowest BCUT2D eigenvalue weighted by molar-refractivity contribution is 0.0757. The van der Waals surface area contributed by atoms with Crippen LogP contribution in [0.2, 0.25) is 0 Å². The van der Waals surface area contributed by atoms with E-state index < -0.39 is 0 Å². The fourth-order valence-electron chi connectivity index (χ4n) is 2.88. The van der Waals surface area contributed by atoms with Crippen LogP contribution in [-0.4, -0.2) is 29.0 Å². The molecule has 1 aliphatic carbocycles. The van der Waals surface area contributed by atoms with Crippen molar-refractivity contribution in [3.8, 4) is 0 Å². The van der Waals surface area contributed by atoms with Gasteiger partial charge in [0.15, 0.2) is 0 Å². The van der Waals surface area contributed by atoms with Gasteiger partial charge in [-0.3, -0.25) is 9.88 Å². The van der Waals surface area contributed by atoms with Crippen LogP contribution in [0, 0.1) is 0 Å². The number of likely N-dealkylation sites (N-methyl/N-ethyl adjacent to an activating group) is 1. The van der Waals surface area contributed by atoms with Crippen LogP contribution in [0.3, 0.4) is 0 Å². The van der Waals surface area contributed by atoms with Crippen LogP contribution in [0.4, 0.5) is 0 Å². The summed E-state index contributed by atoms with van der Waals surface area (Å²) in [6.07, 6.45) is 10.2. The largest absolute Gasteiger partial charge is 0.329 e. The third-order valence-electron chi connectivity index (χ3n) is 4.12. The molecule has 1 aromatic heterocycles. The highest BCUT2D eigenvalue weighted by atomic mass is 15.2. The van der Waals surface area contributed by atoms with E-state index in [0.29, 0.717) is 0 Å². The summed E-state index contributed by atoms with van der Waals surface area (Å²) >= 11 is 0. The van der Waals surface area contributed by atoms with Crippen molar-refractivity contribution in [3.05, 3.63) is 30.1 Å². The van der Waals surface area contributed by atoms with Crippen LogP contribution in [0.25, 0.3) is 0 Å². The third-order valence-corrected chi connectivity index (χ3v) is 4.12. The maximum absolute atomic E-state index is 6.04. The number of hydrogen-bond acceptors (Lipinski definition) is 3. The van der Waals surface area contributed by atoms with Crippen molar-refractivity contribution >= 4 is 0 Å². The summed E-state index contributed by atoms with van der Waals surface area (Å²) in [5, 5.41) is 0. The molecule has 0 aliphatic heterocycles. The van der Waals surface area contributed by atoms with Gasteiger partial charge in [-0.1, -0.05) is 25.3 Å². The summed E-state index contributed by atoms with van der Waals surface area (Å²) in [4.78, 5) is 6.61. The van der Waals surface area contributed by atoms with E-state index in [0.717, 1.165) is 13.1 Å². The maximum atomic E-state index is 6.04. The second-order valence-electron chi connectivity index (χ2n) is 5.21. The van der Waals surface area contributed by atoms with E-state index in [1.165, 1.54) is 37.7 Å². The molecule has 1 heterocycles. The average molecular weight is 233 g/mol. The predicted molar refractivity (Wildman–Crippen MR) is 70.6 cm³/mol. The number of nitrogens with two attached hydrogens (primary N) is 1. The zero-order chi connectivity index (χ0) is 12.1. The Morgan fingerprint density at radius 2 is 2.12 bits per heavy atom. The van der Waals surface area contributed by atoms with Gasteiger partial charge in [-0.05, 0) is 31.5 Å². The molecule has 1 aliphatic rings. The Labute approximate surface area is 104 Å². The molecule has 1 fully saturated rings. The molecule has 2 rings (SSSR count). The number of rotatable bonds is 4. The van der Waals surface area contributed by atoms with Gasteiger partial charge in [-0.2, -0.15) is 0 Å². The van der Waals surface area contributed by atoms with Gasteiger partial charge in [0.1, 0.15) is 0 Å². The zero-order valence-corrected chi connectivity index (χ0v) is 10.7. The minimum Gasteiger partial charge on any atom is -0.329 e. The minimum absolute atomic E-state index is 0.216. The lowest BCUT2D eigenvalue weighted by atomic mass is 9.80. The molecule has 17 heavy (non-hydrogen) atoms. The first-order chi connectivity index (χ1) is 8.27. The van der Waals surface area contributed by atoms with E-state index in [-0.39, 0.29) is 5.54 Å². The molecule has 0 unspecified atom stereocenters. The van der Waals surface area contributed by atoms with Gasteiger partial charge < -0.3 is 5.73 Å². The number of aromatic nitrogens is 1. The third kappa shape index (κ3) is 2.85. The van der Waals surface area contributed by atoms with Crippen molar-refractivity contribution in [1.29, 1.82) is 0 Å². The van der Waals surface area contributed by atoms with Crippen molar-refractivity contribution in [2.45, 2.75) is 44.2 Å². The van der Waals surface area contributed by atoms with Crippen LogP contribution < -0.4 is 5.73 Å². The first-order valence-electron chi connectivity index (χ1n) is 6.57. The molecule has 94 valence electrons. The lowest BCUT2D eigenvalue weighted by Crippen LogP contribution is -2.52. The molecular formula is C14H23N3. The van der Waals surface area contributed by atoms with E-state index in [1.54, 1.807) is 0 Å². The first-order valence-corrected chi connectivity index (χ1v) is 6.57. The summed E-state index contributed by atoms with van der Waals surface area (Å²) < 4.78 is 0. The van der Waals surface area contributed by atoms with Crippen molar-refractivity contribution < 1.29 is 0 Å². The molecule has 3 nitrogen and oxygen atoms in total. The van der Waals surface area contributed by atoms with Crippen LogP contribution in [0.15, 0.2) is 24.5 Å². The smallest absolute Gasteiger partial charge is 0.0332 e. The monoisotopic (exact) mass is 233 g/mol. The lowest BCUT2D eigenvalue weighted by Gasteiger charge is -2.44. The Balaban J connectivity index is 2.04. The van der Waals surface area contributed by atoms with E-state index >= 15 is 0 Å². The summed E-state index contributed by atoms with van der Waals surface area (Å²) in [6.45, 7) is 1.72. The Morgan fingerprint density at radius 3 is 2.71 bits per heavy atom. The van der Waals surface area contributed by atoms with Crippen LogP contribution >= 0.6 is 0 Å². The molecule has 0 spiro atoms. The van der Waals surface area contributed by atoms with Gasteiger partial charge in [-0.15, -0.1) is 0 Å². The molecule has 0 aromatic carbocycles. The Kier molecular flexibility index (Phi) is 4.13. The summed E-state index contributed by atoms with van der Waals surface area (Å²) in [6, 6.07) is 4.13. The second-order valence-corrected chi connectivity index (χ2v) is 5.21. The van der Waals surface area contributed by atoms with Gasteiger partial charge in [0.25, 0.3) is 0 Å². The minimum atomic E-state index is 0.216. The SMILES string of the molecule is CN(Cc1cccnc1)C1(CN)CCCCC1. The van der Waals surface area contributed by atoms with Crippen molar-refractivity contribution in [1.82, 2.24) is 9.88 Å². The highest BCUT2D eigenvalue weighted by molar-refractivity contribution is 5.09. The van der Waals surface area contributed by atoms with Gasteiger partial charge in [0.05, 0.1) is 0 Å². The topological polar surface area (TPSA) is 42.2 Å². The summed E-state index contributed by atoms with van der Waals surface area (Å²) in [5.41, 5.74) is 7.52. The molecule has 0 radical (unpaired) electrons. The van der Waals surface area contributed by atoms with E-state index in [9.17, 15) is 0 Å². The Morgan fingerprint density at radius 1 is 1.35 bits per heavy atom. The standard InChI is InChI=1S/C14H23N3/c1-17(11-13-6-5-9-16-10-13)14(12-15)7-3-2-4-8-14/h5-6,9-10H,2-4,7-8,11-12,15H2,1H3. The molecule has 0 atom stereocenters. The van der Waals surface area contributed by atoms with Crippen LogP contribution in [-0.2, 0) is 6.54 Å². The van der Waals surface area contributed by atoms with Crippen molar-refractivity contribution in [3.63, 3.8) is 0 Å². The highest BCUT2D eigenvalue weighted by Gasteiger charge is 2.34. The molecule has 3 heteroatoms. The van der Waals surface area contributed by atoms with Gasteiger partial charge in [-0.25, -0.2) is 0 Å². The van der Waals surface area contributed by atoms with Crippen molar-refractivity contribution in [2.24, 2.45) is 5.73 Å². The normalized spacial score (nSPS) is 19.5. The van der Waals surface area contributed by atoms with Crippen LogP contribution in [0.5, 0.6) is 0 Å². The molecule has 0 saturated heterocycles. The fourth-order valence-corrected chi connectivity index (χ4v) is 2.88. The quantitative estimate of drug-likeness (QED) is 0.866. The average Bonchev–Trinajstić information content (AvgIpc) is 2.40. The number of pyridine rings is 1. The van der Waals surface area contributed by atoms with E-state index in [4.69, 9.17) is 5.73 Å². The van der Waals surface area contributed by atoms with E-state index in [1.807, 2.05) is 18.5 Å². The van der Waals surface area contributed by atoms with Crippen molar-refractivity contribution in [2.75, 3.05) is 13.6 Å². The first kappa shape index (κ1) is 12.5. The van der Waals surface area contributed by atoms with Gasteiger partial charge in [0.2, 0.25) is 0 Å². The Hall–Kier alpha value is -0.930. The second kappa shape index (κ2) is 5.61. The molecule has 1 saturated carbocycles. The number of hydrogen-bond donors (Lipinski definition) is 1. The van der Waals surface area contributed by atoms with Crippen LogP contribution in [0.1, 0.15) is 37.7 Å². The zero-order valence-electron chi connectivity index (χ0n) is 10.7. The molecule has 0 bridgehead atoms. The summed E-state index contributed by atoms with van der Waals surface area (Å²) in [5.74, 6) is 0. The molecule has 1 aromatic rings. The van der Waals surface area contributed by atoms with E-state index in [2.05, 4.69) is 23.0 Å². The molecule has 2 N–H and O–H groups in total. The highest BCUT2D eigenvalue weighted by Crippen LogP contribution is 2.32. The molecule has 0 amide bonds. The van der Waals surface area contributed by atoms with Gasteiger partial charge in [0, 0.05) is 31.0 Å². The maximum Gasteiger partial charge on any atom is 0.0332 e. The predicted octanol–water partition coefficient (Wildman–Crippen LogP) is 2.17. The number of nitrogens with zero attached hydrogens (tertiary/aromatic N) is 2. The summed E-state index contributed by atoms with van der Waals surface area (Å²) in [7, 11) is 2.20. The van der Waals surface area contributed by atoms with Gasteiger partial charge >= 0.3 is 0 Å². The fraction of sp³-hybridized carbons (Fsp3) is 0.643.